The lowest BCUT2D eigenvalue weighted by molar-refractivity contribution is -0.115. The SMILES string of the molecule is O=C(CN[C@H]1CCCc2ccccc21)Nc1cc(Cl)ccc1Oc1ccccc1. The van der Waals surface area contributed by atoms with E-state index in [1.807, 2.05) is 30.3 Å². The molecule has 4 nitrogen and oxygen atoms in total. The molecule has 5 heteroatoms. The van der Waals surface area contributed by atoms with E-state index in [0.717, 1.165) is 19.3 Å². The minimum Gasteiger partial charge on any atom is -0.455 e. The van der Waals surface area contributed by atoms with Gasteiger partial charge in [0, 0.05) is 11.1 Å². The minimum absolute atomic E-state index is 0.131. The molecule has 2 N–H and O–H groups in total. The van der Waals surface area contributed by atoms with Crippen LogP contribution in [0.15, 0.2) is 72.8 Å². The number of carbonyl (C=O) groups excluding carboxylic acids is 1. The van der Waals surface area contributed by atoms with Crippen LogP contribution in [0.5, 0.6) is 11.5 Å². The summed E-state index contributed by atoms with van der Waals surface area (Å²) in [6.07, 6.45) is 3.26. The summed E-state index contributed by atoms with van der Waals surface area (Å²) < 4.78 is 5.91. The lowest BCUT2D eigenvalue weighted by Crippen LogP contribution is -2.33. The molecule has 4 rings (SSSR count). The first-order valence-corrected chi connectivity index (χ1v) is 10.2. The average Bonchev–Trinajstić information content (AvgIpc) is 2.75. The molecule has 0 aliphatic heterocycles. The number of hydrogen-bond donors (Lipinski definition) is 2. The Morgan fingerprint density at radius 3 is 2.69 bits per heavy atom. The lowest BCUT2D eigenvalue weighted by Gasteiger charge is -2.26. The predicted molar refractivity (Wildman–Crippen MR) is 117 cm³/mol. The van der Waals surface area contributed by atoms with E-state index in [9.17, 15) is 4.79 Å². The van der Waals surface area contributed by atoms with Crippen LogP contribution in [0.4, 0.5) is 5.69 Å². The minimum atomic E-state index is -0.131. The summed E-state index contributed by atoms with van der Waals surface area (Å²) in [4.78, 5) is 12.6. The molecule has 3 aromatic carbocycles. The molecule has 0 aromatic heterocycles. The Kier molecular flexibility index (Phi) is 6.13. The third kappa shape index (κ3) is 4.97. The third-order valence-corrected chi connectivity index (χ3v) is 5.30. The zero-order chi connectivity index (χ0) is 20.1. The van der Waals surface area contributed by atoms with Crippen LogP contribution in [0.3, 0.4) is 0 Å². The highest BCUT2D eigenvalue weighted by molar-refractivity contribution is 6.31. The van der Waals surface area contributed by atoms with E-state index in [4.69, 9.17) is 16.3 Å². The maximum atomic E-state index is 12.6. The number of fused-ring (bicyclic) bond motifs is 1. The van der Waals surface area contributed by atoms with Gasteiger partial charge in [0.2, 0.25) is 5.91 Å². The predicted octanol–water partition coefficient (Wildman–Crippen LogP) is 5.74. The number of rotatable bonds is 6. The van der Waals surface area contributed by atoms with Gasteiger partial charge in [-0.25, -0.2) is 0 Å². The van der Waals surface area contributed by atoms with Crippen LogP contribution in [0.25, 0.3) is 0 Å². The first kappa shape index (κ1) is 19.5. The molecular weight excluding hydrogens is 384 g/mol. The highest BCUT2D eigenvalue weighted by Gasteiger charge is 2.20. The quantitative estimate of drug-likeness (QED) is 0.549. The number of benzene rings is 3. The third-order valence-electron chi connectivity index (χ3n) is 5.07. The van der Waals surface area contributed by atoms with Gasteiger partial charge in [0.1, 0.15) is 5.75 Å². The molecule has 1 aliphatic carbocycles. The van der Waals surface area contributed by atoms with Gasteiger partial charge in [-0.3, -0.25) is 4.79 Å². The number of para-hydroxylation sites is 1. The van der Waals surface area contributed by atoms with Crippen molar-refractivity contribution in [3.63, 3.8) is 0 Å². The zero-order valence-corrected chi connectivity index (χ0v) is 16.8. The Bertz CT molecular complexity index is 991. The van der Waals surface area contributed by atoms with Crippen molar-refractivity contribution in [1.82, 2.24) is 5.32 Å². The van der Waals surface area contributed by atoms with Crippen LogP contribution >= 0.6 is 11.6 Å². The van der Waals surface area contributed by atoms with Gasteiger partial charge in [-0.1, -0.05) is 54.1 Å². The van der Waals surface area contributed by atoms with Crippen molar-refractivity contribution in [1.29, 1.82) is 0 Å². The fourth-order valence-corrected chi connectivity index (χ4v) is 3.85. The largest absolute Gasteiger partial charge is 0.455 e. The van der Waals surface area contributed by atoms with E-state index in [0.29, 0.717) is 22.2 Å². The molecule has 3 aromatic rings. The number of ether oxygens (including phenoxy) is 1. The highest BCUT2D eigenvalue weighted by Crippen LogP contribution is 2.32. The van der Waals surface area contributed by atoms with Gasteiger partial charge in [0.15, 0.2) is 5.75 Å². The van der Waals surface area contributed by atoms with Crippen LogP contribution in [0, 0.1) is 0 Å². The second-order valence-corrected chi connectivity index (χ2v) is 7.56. The standard InChI is InChI=1S/C24H23ClN2O2/c25-18-13-14-23(29-19-9-2-1-3-10-19)22(15-18)27-24(28)16-26-21-12-6-8-17-7-4-5-11-20(17)21/h1-5,7,9-11,13-15,21,26H,6,8,12,16H2,(H,27,28)/t21-/m0/s1. The number of hydrogen-bond acceptors (Lipinski definition) is 3. The van der Waals surface area contributed by atoms with Gasteiger partial charge >= 0.3 is 0 Å². The Labute approximate surface area is 175 Å². The maximum Gasteiger partial charge on any atom is 0.238 e. The Hall–Kier alpha value is -2.82. The molecular formula is C24H23ClN2O2. The van der Waals surface area contributed by atoms with E-state index in [1.54, 1.807) is 18.2 Å². The van der Waals surface area contributed by atoms with E-state index in [1.165, 1.54) is 11.1 Å². The molecule has 0 saturated heterocycles. The van der Waals surface area contributed by atoms with Gasteiger partial charge in [-0.15, -0.1) is 0 Å². The summed E-state index contributed by atoms with van der Waals surface area (Å²) in [7, 11) is 0. The monoisotopic (exact) mass is 406 g/mol. The fraction of sp³-hybridized carbons (Fsp3) is 0.208. The average molecular weight is 407 g/mol. The normalized spacial score (nSPS) is 15.4. The van der Waals surface area contributed by atoms with Crippen LogP contribution in [0.2, 0.25) is 5.02 Å². The van der Waals surface area contributed by atoms with Crippen molar-refractivity contribution < 1.29 is 9.53 Å². The Morgan fingerprint density at radius 2 is 1.83 bits per heavy atom. The number of anilines is 1. The molecule has 0 saturated carbocycles. The zero-order valence-electron chi connectivity index (χ0n) is 16.0. The Balaban J connectivity index is 1.42. The highest BCUT2D eigenvalue weighted by atomic mass is 35.5. The van der Waals surface area contributed by atoms with E-state index >= 15 is 0 Å². The molecule has 0 spiro atoms. The molecule has 1 aliphatic rings. The van der Waals surface area contributed by atoms with E-state index in [-0.39, 0.29) is 18.5 Å². The van der Waals surface area contributed by atoms with Crippen molar-refractivity contribution in [2.45, 2.75) is 25.3 Å². The summed E-state index contributed by atoms with van der Waals surface area (Å²) in [5.74, 6) is 1.12. The second-order valence-electron chi connectivity index (χ2n) is 7.13. The number of amides is 1. The first-order valence-electron chi connectivity index (χ1n) is 9.82. The van der Waals surface area contributed by atoms with Crippen LogP contribution in [-0.2, 0) is 11.2 Å². The van der Waals surface area contributed by atoms with Gasteiger partial charge in [-0.05, 0) is 60.7 Å². The second kappa shape index (κ2) is 9.12. The Morgan fingerprint density at radius 1 is 1.03 bits per heavy atom. The van der Waals surface area contributed by atoms with Crippen molar-refractivity contribution in [3.05, 3.63) is 88.9 Å². The number of carbonyl (C=O) groups is 1. The number of aryl methyl sites for hydroxylation is 1. The molecule has 0 heterocycles. The fourth-order valence-electron chi connectivity index (χ4n) is 3.68. The molecule has 0 radical (unpaired) electrons. The summed E-state index contributed by atoms with van der Waals surface area (Å²) in [5, 5.41) is 6.86. The van der Waals surface area contributed by atoms with Crippen molar-refractivity contribution in [3.8, 4) is 11.5 Å². The van der Waals surface area contributed by atoms with Crippen LogP contribution in [-0.4, -0.2) is 12.5 Å². The molecule has 148 valence electrons. The van der Waals surface area contributed by atoms with Gasteiger partial charge < -0.3 is 15.4 Å². The summed E-state index contributed by atoms with van der Waals surface area (Å²) in [5.41, 5.74) is 3.21. The molecule has 0 unspecified atom stereocenters. The molecule has 0 fully saturated rings. The lowest BCUT2D eigenvalue weighted by atomic mass is 9.88. The molecule has 0 bridgehead atoms. The van der Waals surface area contributed by atoms with Crippen LogP contribution < -0.4 is 15.4 Å². The summed E-state index contributed by atoms with van der Waals surface area (Å²) >= 11 is 6.14. The topological polar surface area (TPSA) is 50.4 Å². The van der Waals surface area contributed by atoms with Crippen molar-refractivity contribution in [2.24, 2.45) is 0 Å². The summed E-state index contributed by atoms with van der Waals surface area (Å²) in [6, 6.07) is 23.3. The smallest absolute Gasteiger partial charge is 0.238 e. The molecule has 29 heavy (non-hydrogen) atoms. The van der Waals surface area contributed by atoms with Crippen molar-refractivity contribution >= 4 is 23.2 Å². The number of halogens is 1. The van der Waals surface area contributed by atoms with E-state index in [2.05, 4.69) is 34.9 Å². The van der Waals surface area contributed by atoms with Gasteiger partial charge in [0.25, 0.3) is 0 Å². The van der Waals surface area contributed by atoms with E-state index < -0.39 is 0 Å². The van der Waals surface area contributed by atoms with Crippen molar-refractivity contribution in [2.75, 3.05) is 11.9 Å². The van der Waals surface area contributed by atoms with Crippen LogP contribution in [0.1, 0.15) is 30.0 Å². The maximum absolute atomic E-state index is 12.6. The summed E-state index contributed by atoms with van der Waals surface area (Å²) in [6.45, 7) is 0.219. The van der Waals surface area contributed by atoms with Gasteiger partial charge in [0.05, 0.1) is 12.2 Å². The molecule has 1 amide bonds. The number of nitrogens with one attached hydrogen (secondary N) is 2. The first-order chi connectivity index (χ1) is 14.2. The molecule has 1 atom stereocenters. The van der Waals surface area contributed by atoms with Gasteiger partial charge in [-0.2, -0.15) is 0 Å².